The van der Waals surface area contributed by atoms with E-state index < -0.39 is 0 Å². The summed E-state index contributed by atoms with van der Waals surface area (Å²) in [5.41, 5.74) is 1.72. The van der Waals surface area contributed by atoms with Gasteiger partial charge in [-0.25, -0.2) is 0 Å². The third kappa shape index (κ3) is 3.17. The predicted molar refractivity (Wildman–Crippen MR) is 85.8 cm³/mol. The van der Waals surface area contributed by atoms with Crippen LogP contribution < -0.4 is 14.8 Å². The number of rotatable bonds is 3. The summed E-state index contributed by atoms with van der Waals surface area (Å²) in [5.74, 6) is 1.29. The van der Waals surface area contributed by atoms with E-state index in [1.807, 2.05) is 18.2 Å². The first kappa shape index (κ1) is 14.7. The van der Waals surface area contributed by atoms with Gasteiger partial charge in [0.2, 0.25) is 5.91 Å². The Morgan fingerprint density at radius 1 is 1.27 bits per heavy atom. The topological polar surface area (TPSA) is 47.6 Å². The van der Waals surface area contributed by atoms with Crippen LogP contribution in [0.4, 0.5) is 5.69 Å². The Labute approximate surface area is 134 Å². The van der Waals surface area contributed by atoms with Crippen molar-refractivity contribution in [3.63, 3.8) is 0 Å². The number of fused-ring (bicyclic) bond motifs is 1. The molecule has 1 unspecified atom stereocenters. The average Bonchev–Trinajstić information content (AvgIpc) is 2.55. The van der Waals surface area contributed by atoms with Gasteiger partial charge in [0.05, 0.1) is 13.0 Å². The largest absolute Gasteiger partial charge is 0.497 e. The molecule has 1 amide bonds. The number of anilines is 1. The molecule has 5 heteroatoms. The van der Waals surface area contributed by atoms with Crippen LogP contribution in [-0.4, -0.2) is 19.6 Å². The third-order valence-electron chi connectivity index (χ3n) is 3.66. The molecule has 0 radical (unpaired) electrons. The van der Waals surface area contributed by atoms with Crippen molar-refractivity contribution in [3.8, 4) is 11.5 Å². The van der Waals surface area contributed by atoms with Gasteiger partial charge in [-0.05, 0) is 54.4 Å². The van der Waals surface area contributed by atoms with E-state index in [1.165, 1.54) is 0 Å². The lowest BCUT2D eigenvalue weighted by Crippen LogP contribution is -2.32. The van der Waals surface area contributed by atoms with Crippen molar-refractivity contribution >= 4 is 23.2 Å². The summed E-state index contributed by atoms with van der Waals surface area (Å²) in [6.07, 6.45) is 0.631. The summed E-state index contributed by atoms with van der Waals surface area (Å²) >= 11 is 5.84. The first-order valence-corrected chi connectivity index (χ1v) is 7.39. The highest BCUT2D eigenvalue weighted by Gasteiger charge is 2.26. The molecule has 114 valence electrons. The number of ether oxygens (including phenoxy) is 2. The number of carbonyl (C=O) groups is 1. The van der Waals surface area contributed by atoms with Crippen molar-refractivity contribution in [2.45, 2.75) is 6.42 Å². The van der Waals surface area contributed by atoms with Crippen molar-refractivity contribution < 1.29 is 14.3 Å². The zero-order chi connectivity index (χ0) is 15.5. The number of hydrogen-bond donors (Lipinski definition) is 1. The van der Waals surface area contributed by atoms with Gasteiger partial charge < -0.3 is 14.8 Å². The summed E-state index contributed by atoms with van der Waals surface area (Å²) in [6.45, 7) is 0.374. The van der Waals surface area contributed by atoms with E-state index in [0.29, 0.717) is 18.1 Å². The first-order chi connectivity index (χ1) is 10.7. The van der Waals surface area contributed by atoms with E-state index in [9.17, 15) is 4.79 Å². The summed E-state index contributed by atoms with van der Waals surface area (Å²) in [4.78, 5) is 12.4. The molecule has 0 saturated heterocycles. The second kappa shape index (κ2) is 6.28. The molecule has 1 atom stereocenters. The highest BCUT2D eigenvalue weighted by Crippen LogP contribution is 2.31. The molecule has 0 spiro atoms. The smallest absolute Gasteiger partial charge is 0.231 e. The van der Waals surface area contributed by atoms with Gasteiger partial charge in [0.25, 0.3) is 0 Å². The second-order valence-corrected chi connectivity index (χ2v) is 5.62. The monoisotopic (exact) mass is 317 g/mol. The molecular formula is C17H16ClNO3. The van der Waals surface area contributed by atoms with E-state index >= 15 is 0 Å². The van der Waals surface area contributed by atoms with E-state index in [4.69, 9.17) is 21.1 Å². The molecule has 1 N–H and O–H groups in total. The predicted octanol–water partition coefficient (Wildman–Crippen LogP) is 3.54. The maximum atomic E-state index is 12.4. The Bertz CT molecular complexity index is 685. The molecule has 0 saturated carbocycles. The summed E-state index contributed by atoms with van der Waals surface area (Å²) < 4.78 is 10.9. The molecule has 0 bridgehead atoms. The normalized spacial score (nSPS) is 16.4. The number of nitrogens with one attached hydrogen (secondary N) is 1. The minimum Gasteiger partial charge on any atom is -0.497 e. The van der Waals surface area contributed by atoms with Crippen molar-refractivity contribution in [3.05, 3.63) is 53.1 Å². The Morgan fingerprint density at radius 2 is 2.05 bits per heavy atom. The van der Waals surface area contributed by atoms with Crippen LogP contribution in [-0.2, 0) is 11.2 Å². The summed E-state index contributed by atoms with van der Waals surface area (Å²) in [5, 5.41) is 3.53. The molecule has 1 aliphatic rings. The first-order valence-electron chi connectivity index (χ1n) is 7.02. The summed E-state index contributed by atoms with van der Waals surface area (Å²) in [7, 11) is 1.62. The molecule has 0 aliphatic carbocycles. The number of methoxy groups -OCH3 is 1. The van der Waals surface area contributed by atoms with Gasteiger partial charge in [-0.2, -0.15) is 0 Å². The standard InChI is InChI=1S/C17H16ClNO3/c1-21-15-6-7-16-11(9-15)8-12(10-22-16)17(20)19-14-4-2-13(18)3-5-14/h2-7,9,12H,8,10H2,1H3,(H,19,20). The lowest BCUT2D eigenvalue weighted by atomic mass is 9.95. The fraction of sp³-hybridized carbons (Fsp3) is 0.235. The second-order valence-electron chi connectivity index (χ2n) is 5.18. The van der Waals surface area contributed by atoms with Crippen molar-refractivity contribution in [2.24, 2.45) is 5.92 Å². The average molecular weight is 318 g/mol. The zero-order valence-corrected chi connectivity index (χ0v) is 12.9. The van der Waals surface area contributed by atoms with Gasteiger partial charge >= 0.3 is 0 Å². The van der Waals surface area contributed by atoms with Gasteiger partial charge in [0, 0.05) is 10.7 Å². The highest BCUT2D eigenvalue weighted by molar-refractivity contribution is 6.30. The molecule has 22 heavy (non-hydrogen) atoms. The zero-order valence-electron chi connectivity index (χ0n) is 12.1. The van der Waals surface area contributed by atoms with E-state index in [2.05, 4.69) is 5.32 Å². The van der Waals surface area contributed by atoms with Gasteiger partial charge in [0.1, 0.15) is 18.1 Å². The van der Waals surface area contributed by atoms with Crippen LogP contribution in [0.3, 0.4) is 0 Å². The molecule has 0 fully saturated rings. The molecule has 1 aliphatic heterocycles. The van der Waals surface area contributed by atoms with Gasteiger partial charge in [-0.3, -0.25) is 4.79 Å². The van der Waals surface area contributed by atoms with Gasteiger partial charge in [-0.15, -0.1) is 0 Å². The van der Waals surface area contributed by atoms with Crippen LogP contribution >= 0.6 is 11.6 Å². The van der Waals surface area contributed by atoms with Crippen LogP contribution in [0.1, 0.15) is 5.56 Å². The van der Waals surface area contributed by atoms with Crippen LogP contribution in [0.25, 0.3) is 0 Å². The Morgan fingerprint density at radius 3 is 2.77 bits per heavy atom. The maximum absolute atomic E-state index is 12.4. The molecule has 4 nitrogen and oxygen atoms in total. The molecule has 2 aromatic carbocycles. The molecule has 1 heterocycles. The minimum absolute atomic E-state index is 0.0595. The quantitative estimate of drug-likeness (QED) is 0.942. The van der Waals surface area contributed by atoms with Crippen molar-refractivity contribution in [1.29, 1.82) is 0 Å². The van der Waals surface area contributed by atoms with Crippen LogP contribution in [0, 0.1) is 5.92 Å². The Balaban J connectivity index is 1.70. The fourth-order valence-corrected chi connectivity index (χ4v) is 2.57. The molecule has 0 aromatic heterocycles. The van der Waals surface area contributed by atoms with Crippen molar-refractivity contribution in [1.82, 2.24) is 0 Å². The van der Waals surface area contributed by atoms with Crippen LogP contribution in [0.5, 0.6) is 11.5 Å². The minimum atomic E-state index is -0.227. The van der Waals surface area contributed by atoms with Crippen molar-refractivity contribution in [2.75, 3.05) is 19.0 Å². The van der Waals surface area contributed by atoms with Crippen LogP contribution in [0.2, 0.25) is 5.02 Å². The summed E-state index contributed by atoms with van der Waals surface area (Å²) in [6, 6.07) is 12.7. The number of halogens is 1. The maximum Gasteiger partial charge on any atom is 0.231 e. The van der Waals surface area contributed by atoms with E-state index in [0.717, 1.165) is 22.7 Å². The molecule has 2 aromatic rings. The van der Waals surface area contributed by atoms with Crippen LogP contribution in [0.15, 0.2) is 42.5 Å². The Kier molecular flexibility index (Phi) is 4.20. The van der Waals surface area contributed by atoms with Gasteiger partial charge in [-0.1, -0.05) is 11.6 Å². The van der Waals surface area contributed by atoms with Gasteiger partial charge in [0.15, 0.2) is 0 Å². The third-order valence-corrected chi connectivity index (χ3v) is 3.91. The SMILES string of the molecule is COc1ccc2c(c1)CC(C(=O)Nc1ccc(Cl)cc1)CO2. The van der Waals surface area contributed by atoms with E-state index in [1.54, 1.807) is 31.4 Å². The lowest BCUT2D eigenvalue weighted by Gasteiger charge is -2.25. The lowest BCUT2D eigenvalue weighted by molar-refractivity contribution is -0.121. The highest BCUT2D eigenvalue weighted by atomic mass is 35.5. The number of benzene rings is 2. The molecule has 3 rings (SSSR count). The Hall–Kier alpha value is -2.20. The number of hydrogen-bond acceptors (Lipinski definition) is 3. The number of amides is 1. The number of carbonyl (C=O) groups excluding carboxylic acids is 1. The van der Waals surface area contributed by atoms with E-state index in [-0.39, 0.29) is 11.8 Å². The fourth-order valence-electron chi connectivity index (χ4n) is 2.44. The molecular weight excluding hydrogens is 302 g/mol.